The van der Waals surface area contributed by atoms with Crippen molar-refractivity contribution < 1.29 is 28.6 Å². The van der Waals surface area contributed by atoms with Crippen LogP contribution in [0.3, 0.4) is 0 Å². The van der Waals surface area contributed by atoms with Crippen LogP contribution in [0.1, 0.15) is 194 Å². The lowest BCUT2D eigenvalue weighted by atomic mass is 10.1. The van der Waals surface area contributed by atoms with E-state index in [0.717, 1.165) is 103 Å². The minimum atomic E-state index is -0.843. The second-order valence-corrected chi connectivity index (χ2v) is 15.6. The van der Waals surface area contributed by atoms with Crippen molar-refractivity contribution >= 4 is 17.9 Å². The Morgan fingerprint density at radius 1 is 0.371 bits per heavy atom. The predicted molar refractivity (Wildman–Crippen MR) is 265 cm³/mol. The van der Waals surface area contributed by atoms with E-state index in [1.54, 1.807) is 6.08 Å². The SMILES string of the molecule is CC/C=C\C/C=C\C/C=C\C/C=C\C/C=C\CCCCCC(=O)OCC(COC(=O)C/C=C\C/C=C\C/C=C\CC)OC(=O)CCCCC/C=C\C=C/CCCCCCCCC. The van der Waals surface area contributed by atoms with E-state index in [1.165, 1.54) is 44.9 Å². The van der Waals surface area contributed by atoms with Gasteiger partial charge < -0.3 is 14.2 Å². The molecular weight excluding hydrogens is 769 g/mol. The summed E-state index contributed by atoms with van der Waals surface area (Å²) in [6, 6.07) is 0. The largest absolute Gasteiger partial charge is 0.462 e. The predicted octanol–water partition coefficient (Wildman–Crippen LogP) is 16.1. The lowest BCUT2D eigenvalue weighted by Crippen LogP contribution is -2.30. The van der Waals surface area contributed by atoms with E-state index in [1.807, 2.05) is 6.08 Å². The molecule has 0 amide bonds. The van der Waals surface area contributed by atoms with E-state index < -0.39 is 12.1 Å². The summed E-state index contributed by atoms with van der Waals surface area (Å²) in [7, 11) is 0. The quantitative estimate of drug-likeness (QED) is 0.0200. The second kappa shape index (κ2) is 49.5. The smallest absolute Gasteiger partial charge is 0.309 e. The number of rotatable bonds is 42. The van der Waals surface area contributed by atoms with Crippen LogP contribution in [0, 0.1) is 0 Å². The number of hydrogen-bond donors (Lipinski definition) is 0. The van der Waals surface area contributed by atoms with E-state index in [9.17, 15) is 14.4 Å². The molecule has 0 aromatic carbocycles. The Kier molecular flexibility index (Phi) is 46.1. The average Bonchev–Trinajstić information content (AvgIpc) is 3.27. The minimum absolute atomic E-state index is 0.118. The van der Waals surface area contributed by atoms with Gasteiger partial charge in [-0.1, -0.05) is 194 Å². The maximum Gasteiger partial charge on any atom is 0.309 e. The fourth-order valence-electron chi connectivity index (χ4n) is 6.11. The van der Waals surface area contributed by atoms with Crippen LogP contribution >= 0.6 is 0 Å². The molecule has 0 bridgehead atoms. The molecule has 0 aromatic heterocycles. The molecule has 0 saturated carbocycles. The second-order valence-electron chi connectivity index (χ2n) is 15.6. The van der Waals surface area contributed by atoms with Crippen molar-refractivity contribution in [2.45, 2.75) is 200 Å². The Hall–Kier alpha value is -4.19. The summed E-state index contributed by atoms with van der Waals surface area (Å²) in [6.07, 6.45) is 67.9. The highest BCUT2D eigenvalue weighted by molar-refractivity contribution is 5.72. The molecule has 0 rings (SSSR count). The maximum absolute atomic E-state index is 12.7. The molecule has 0 aliphatic rings. The standard InChI is InChI=1S/C56H88O6/c1-4-7-10-13-16-19-21-23-25-27-28-29-31-32-34-37-40-43-46-49-55(58)61-52-53(51-60-54(57)48-45-42-39-36-18-15-12-9-6-3)62-56(59)50-47-44-41-38-35-33-30-26-24-22-20-17-14-11-8-5-2/h7,9-10,12,16,18-19,23,25-26,28-30,32-36,42,45,53H,4-6,8,11,13-15,17,20-22,24,27,31,37-41,43-44,46-52H2,1-3H3/b10-7-,12-9-,19-16-,25-23-,29-28-,30-26-,34-32-,35-33-,36-18-,45-42-. The third-order valence-corrected chi connectivity index (χ3v) is 9.74. The summed E-state index contributed by atoms with van der Waals surface area (Å²) >= 11 is 0. The minimum Gasteiger partial charge on any atom is -0.462 e. The fourth-order valence-corrected chi connectivity index (χ4v) is 6.11. The number of esters is 3. The molecule has 0 radical (unpaired) electrons. The van der Waals surface area contributed by atoms with Gasteiger partial charge in [-0.3, -0.25) is 14.4 Å². The van der Waals surface area contributed by atoms with Crippen LogP contribution in [0.5, 0.6) is 0 Å². The molecule has 0 heterocycles. The fraction of sp³-hybridized carbons (Fsp3) is 0.589. The molecular formula is C56H88O6. The van der Waals surface area contributed by atoms with Gasteiger partial charge in [-0.15, -0.1) is 0 Å². The number of carbonyl (C=O) groups is 3. The number of unbranched alkanes of at least 4 members (excludes halogenated alkanes) is 13. The molecule has 0 aromatic rings. The van der Waals surface area contributed by atoms with E-state index >= 15 is 0 Å². The molecule has 0 N–H and O–H groups in total. The summed E-state index contributed by atoms with van der Waals surface area (Å²) < 4.78 is 16.6. The molecule has 0 aliphatic carbocycles. The first kappa shape index (κ1) is 57.8. The Labute approximate surface area is 380 Å². The van der Waals surface area contributed by atoms with Crippen LogP contribution in [0.2, 0.25) is 0 Å². The van der Waals surface area contributed by atoms with E-state index in [0.29, 0.717) is 12.8 Å². The first-order valence-corrected chi connectivity index (χ1v) is 24.6. The van der Waals surface area contributed by atoms with Gasteiger partial charge in [-0.25, -0.2) is 0 Å². The van der Waals surface area contributed by atoms with E-state index in [2.05, 4.69) is 130 Å². The van der Waals surface area contributed by atoms with Crippen molar-refractivity contribution in [1.29, 1.82) is 0 Å². The van der Waals surface area contributed by atoms with E-state index in [4.69, 9.17) is 14.2 Å². The van der Waals surface area contributed by atoms with Crippen molar-refractivity contribution in [2.75, 3.05) is 13.2 Å². The molecule has 0 saturated heterocycles. The highest BCUT2D eigenvalue weighted by atomic mass is 16.6. The Morgan fingerprint density at radius 2 is 0.742 bits per heavy atom. The number of ether oxygens (including phenoxy) is 3. The van der Waals surface area contributed by atoms with Crippen molar-refractivity contribution in [3.63, 3.8) is 0 Å². The normalized spacial score (nSPS) is 13.1. The van der Waals surface area contributed by atoms with Crippen LogP contribution in [0.15, 0.2) is 122 Å². The van der Waals surface area contributed by atoms with Crippen LogP contribution in [0.25, 0.3) is 0 Å². The van der Waals surface area contributed by atoms with Crippen molar-refractivity contribution in [3.8, 4) is 0 Å². The lowest BCUT2D eigenvalue weighted by Gasteiger charge is -2.18. The van der Waals surface area contributed by atoms with Crippen molar-refractivity contribution in [3.05, 3.63) is 122 Å². The van der Waals surface area contributed by atoms with Gasteiger partial charge in [0.25, 0.3) is 0 Å². The summed E-state index contributed by atoms with van der Waals surface area (Å²) in [5, 5.41) is 0. The van der Waals surface area contributed by atoms with Gasteiger partial charge in [0.15, 0.2) is 6.10 Å². The summed E-state index contributed by atoms with van der Waals surface area (Å²) in [5.41, 5.74) is 0. The molecule has 0 fully saturated rings. The molecule has 6 nitrogen and oxygen atoms in total. The molecule has 1 unspecified atom stereocenters. The molecule has 0 aliphatic heterocycles. The molecule has 62 heavy (non-hydrogen) atoms. The van der Waals surface area contributed by atoms with Gasteiger partial charge in [-0.2, -0.15) is 0 Å². The van der Waals surface area contributed by atoms with Gasteiger partial charge >= 0.3 is 17.9 Å². The zero-order chi connectivity index (χ0) is 45.1. The number of carbonyl (C=O) groups excluding carboxylic acids is 3. The Bertz CT molecular complexity index is 1350. The van der Waals surface area contributed by atoms with Crippen LogP contribution in [-0.2, 0) is 28.6 Å². The van der Waals surface area contributed by atoms with Crippen LogP contribution < -0.4 is 0 Å². The van der Waals surface area contributed by atoms with Gasteiger partial charge in [0.1, 0.15) is 13.2 Å². The maximum atomic E-state index is 12.7. The third-order valence-electron chi connectivity index (χ3n) is 9.74. The first-order valence-electron chi connectivity index (χ1n) is 24.6. The molecule has 0 spiro atoms. The topological polar surface area (TPSA) is 78.9 Å². The van der Waals surface area contributed by atoms with Crippen LogP contribution in [-0.4, -0.2) is 37.2 Å². The number of hydrogen-bond acceptors (Lipinski definition) is 6. The highest BCUT2D eigenvalue weighted by Crippen LogP contribution is 2.11. The Morgan fingerprint density at radius 3 is 1.23 bits per heavy atom. The zero-order valence-corrected chi connectivity index (χ0v) is 39.6. The van der Waals surface area contributed by atoms with Crippen LogP contribution in [0.4, 0.5) is 0 Å². The third kappa shape index (κ3) is 46.9. The highest BCUT2D eigenvalue weighted by Gasteiger charge is 2.19. The zero-order valence-electron chi connectivity index (χ0n) is 39.6. The number of allylic oxidation sites excluding steroid dienone is 19. The average molecular weight is 857 g/mol. The summed E-state index contributed by atoms with van der Waals surface area (Å²) in [4.78, 5) is 37.7. The molecule has 6 heteroatoms. The van der Waals surface area contributed by atoms with Crippen molar-refractivity contribution in [2.24, 2.45) is 0 Å². The monoisotopic (exact) mass is 857 g/mol. The van der Waals surface area contributed by atoms with Crippen molar-refractivity contribution in [1.82, 2.24) is 0 Å². The van der Waals surface area contributed by atoms with Gasteiger partial charge in [0, 0.05) is 12.8 Å². The summed E-state index contributed by atoms with van der Waals surface area (Å²) in [6.45, 7) is 6.22. The van der Waals surface area contributed by atoms with E-state index in [-0.39, 0.29) is 38.0 Å². The molecule has 348 valence electrons. The van der Waals surface area contributed by atoms with Gasteiger partial charge in [-0.05, 0) is 103 Å². The first-order chi connectivity index (χ1) is 30.5. The Balaban J connectivity index is 4.52. The lowest BCUT2D eigenvalue weighted by molar-refractivity contribution is -0.166. The summed E-state index contributed by atoms with van der Waals surface area (Å²) in [5.74, 6) is -1.13. The van der Waals surface area contributed by atoms with Gasteiger partial charge in [0.2, 0.25) is 0 Å². The molecule has 1 atom stereocenters. The van der Waals surface area contributed by atoms with Gasteiger partial charge in [0.05, 0.1) is 6.42 Å².